The molecule has 1 rings (SSSR count). The van der Waals surface area contributed by atoms with Crippen molar-refractivity contribution < 1.29 is 14.3 Å². The molecule has 1 aromatic carbocycles. The summed E-state index contributed by atoms with van der Waals surface area (Å²) in [4.78, 5) is 12.6. The van der Waals surface area contributed by atoms with Crippen LogP contribution in [0.15, 0.2) is 12.1 Å². The van der Waals surface area contributed by atoms with Crippen molar-refractivity contribution in [2.24, 2.45) is 0 Å². The van der Waals surface area contributed by atoms with Crippen LogP contribution in [0.3, 0.4) is 0 Å². The van der Waals surface area contributed by atoms with Gasteiger partial charge in [0, 0.05) is 34.6 Å². The Morgan fingerprint density at radius 3 is 2.47 bits per heavy atom. The highest BCUT2D eigenvalue weighted by molar-refractivity contribution is 9.18. The van der Waals surface area contributed by atoms with Crippen LogP contribution < -0.4 is 9.47 Å². The second-order valence-electron chi connectivity index (χ2n) is 3.73. The van der Waals surface area contributed by atoms with Crippen molar-refractivity contribution in [2.45, 2.75) is 13.5 Å². The number of carbonyl (C=O) groups is 1. The molecule has 0 aromatic heterocycles. The molecule has 0 saturated heterocycles. The molecule has 0 saturated carbocycles. The van der Waals surface area contributed by atoms with Crippen LogP contribution >= 0.6 is 15.9 Å². The van der Waals surface area contributed by atoms with E-state index in [0.717, 1.165) is 22.6 Å². The first-order valence-corrected chi connectivity index (χ1v) is 5.91. The van der Waals surface area contributed by atoms with Gasteiger partial charge in [-0.05, 0) is 18.6 Å². The summed E-state index contributed by atoms with van der Waals surface area (Å²) in [6.07, 6.45) is 0. The number of carbonyl (C=O) groups excluding carboxylic acids is 1. The molecule has 5 heteroatoms. The number of benzene rings is 1. The van der Waals surface area contributed by atoms with Crippen LogP contribution in [-0.4, -0.2) is 31.0 Å². The average Bonchev–Trinajstić information content (AvgIpc) is 2.30. The van der Waals surface area contributed by atoms with Crippen molar-refractivity contribution in [3.63, 3.8) is 0 Å². The third-order valence-electron chi connectivity index (χ3n) is 2.56. The Balaban J connectivity index is 3.09. The molecule has 0 spiro atoms. The van der Waals surface area contributed by atoms with Crippen LogP contribution in [0.25, 0.3) is 0 Å². The number of aryl methyl sites for hydroxylation is 1. The predicted octanol–water partition coefficient (Wildman–Crippen LogP) is 2.96. The number of halogens is 1. The van der Waals surface area contributed by atoms with E-state index in [1.54, 1.807) is 26.2 Å². The first-order valence-electron chi connectivity index (χ1n) is 5.11. The minimum absolute atomic E-state index is 0.158. The van der Waals surface area contributed by atoms with Crippen LogP contribution in [0, 0.1) is 6.92 Å². The summed E-state index contributed by atoms with van der Waals surface area (Å²) in [5.41, 5.74) is 2.01. The van der Waals surface area contributed by atoms with E-state index in [-0.39, 0.29) is 4.82 Å². The van der Waals surface area contributed by atoms with Crippen LogP contribution in [0.1, 0.15) is 11.1 Å². The molecule has 0 radical (unpaired) electrons. The van der Waals surface area contributed by atoms with E-state index in [1.807, 2.05) is 19.1 Å². The third-order valence-corrected chi connectivity index (χ3v) is 3.16. The second-order valence-corrected chi connectivity index (χ2v) is 4.41. The monoisotopic (exact) mass is 301 g/mol. The first kappa shape index (κ1) is 13.8. The molecule has 0 aliphatic heterocycles. The van der Waals surface area contributed by atoms with Crippen molar-refractivity contribution in [2.75, 3.05) is 21.3 Å². The smallest absolute Gasteiger partial charge is 0.289 e. The maximum Gasteiger partial charge on any atom is 0.289 e. The van der Waals surface area contributed by atoms with Gasteiger partial charge in [-0.3, -0.25) is 4.79 Å². The van der Waals surface area contributed by atoms with Gasteiger partial charge in [-0.15, -0.1) is 0 Å². The normalized spacial score (nSPS) is 9.94. The second kappa shape index (κ2) is 5.91. The van der Waals surface area contributed by atoms with Crippen molar-refractivity contribution in [1.29, 1.82) is 0 Å². The molecule has 0 fully saturated rings. The maximum atomic E-state index is 11.2. The van der Waals surface area contributed by atoms with Gasteiger partial charge >= 0.3 is 0 Å². The molecule has 1 amide bonds. The molecular formula is C12H16BrNO3. The van der Waals surface area contributed by atoms with Gasteiger partial charge in [-0.1, -0.05) is 0 Å². The first-order chi connectivity index (χ1) is 7.99. The fourth-order valence-electron chi connectivity index (χ4n) is 1.55. The molecule has 0 aliphatic rings. The predicted molar refractivity (Wildman–Crippen MR) is 70.1 cm³/mol. The zero-order chi connectivity index (χ0) is 13.0. The van der Waals surface area contributed by atoms with Gasteiger partial charge in [0.2, 0.25) is 0 Å². The summed E-state index contributed by atoms with van der Waals surface area (Å²) in [5, 5.41) is 0. The van der Waals surface area contributed by atoms with Gasteiger partial charge in [0.1, 0.15) is 11.5 Å². The van der Waals surface area contributed by atoms with Crippen LogP contribution in [0.2, 0.25) is 0 Å². The molecule has 94 valence electrons. The average molecular weight is 302 g/mol. The Kier molecular flexibility index (Phi) is 4.81. The zero-order valence-electron chi connectivity index (χ0n) is 10.4. The maximum absolute atomic E-state index is 11.2. The van der Waals surface area contributed by atoms with Crippen molar-refractivity contribution in [3.8, 4) is 11.5 Å². The Hall–Kier alpha value is -1.23. The Morgan fingerprint density at radius 2 is 2.00 bits per heavy atom. The van der Waals surface area contributed by atoms with Gasteiger partial charge < -0.3 is 14.4 Å². The standard InChI is InChI=1S/C12H16BrNO3/c1-8-5-9(16-3)6-11(17-4)10(8)7-14(2)12(13)15/h5-6H,7H2,1-4H3. The number of methoxy groups -OCH3 is 2. The lowest BCUT2D eigenvalue weighted by Crippen LogP contribution is -2.20. The van der Waals surface area contributed by atoms with E-state index in [1.165, 1.54) is 0 Å². The lowest BCUT2D eigenvalue weighted by atomic mass is 10.1. The number of ether oxygens (including phenoxy) is 2. The molecule has 0 atom stereocenters. The highest BCUT2D eigenvalue weighted by Crippen LogP contribution is 2.29. The minimum atomic E-state index is -0.158. The van der Waals surface area contributed by atoms with Crippen LogP contribution in [-0.2, 0) is 6.54 Å². The van der Waals surface area contributed by atoms with E-state index in [0.29, 0.717) is 6.54 Å². The molecule has 0 aliphatic carbocycles. The number of hydrogen-bond donors (Lipinski definition) is 0. The molecule has 17 heavy (non-hydrogen) atoms. The van der Waals surface area contributed by atoms with Gasteiger partial charge in [0.25, 0.3) is 4.82 Å². The van der Waals surface area contributed by atoms with Gasteiger partial charge in [-0.2, -0.15) is 0 Å². The van der Waals surface area contributed by atoms with E-state index in [9.17, 15) is 4.79 Å². The molecular weight excluding hydrogens is 286 g/mol. The number of amides is 1. The van der Waals surface area contributed by atoms with Gasteiger partial charge in [0.15, 0.2) is 0 Å². The number of hydrogen-bond acceptors (Lipinski definition) is 3. The highest BCUT2D eigenvalue weighted by Gasteiger charge is 2.13. The molecule has 0 bridgehead atoms. The lowest BCUT2D eigenvalue weighted by Gasteiger charge is -2.18. The summed E-state index contributed by atoms with van der Waals surface area (Å²) in [7, 11) is 4.94. The van der Waals surface area contributed by atoms with E-state index < -0.39 is 0 Å². The number of rotatable bonds is 4. The zero-order valence-corrected chi connectivity index (χ0v) is 12.0. The molecule has 0 heterocycles. The van der Waals surface area contributed by atoms with E-state index >= 15 is 0 Å². The summed E-state index contributed by atoms with van der Waals surface area (Å²) in [6.45, 7) is 2.45. The molecule has 0 N–H and O–H groups in total. The Morgan fingerprint density at radius 1 is 1.35 bits per heavy atom. The SMILES string of the molecule is COc1cc(C)c(CN(C)C(=O)Br)c(OC)c1. The van der Waals surface area contributed by atoms with Crippen molar-refractivity contribution >= 4 is 20.7 Å². The highest BCUT2D eigenvalue weighted by atomic mass is 79.9. The Bertz CT molecular complexity index is 420. The lowest BCUT2D eigenvalue weighted by molar-refractivity contribution is 0.232. The summed E-state index contributed by atoms with van der Waals surface area (Å²) in [5.74, 6) is 1.47. The molecule has 0 unspecified atom stereocenters. The summed E-state index contributed by atoms with van der Waals surface area (Å²) < 4.78 is 10.5. The minimum Gasteiger partial charge on any atom is -0.497 e. The van der Waals surface area contributed by atoms with Crippen molar-refractivity contribution in [1.82, 2.24) is 4.90 Å². The van der Waals surface area contributed by atoms with E-state index in [2.05, 4.69) is 15.9 Å². The fraction of sp³-hybridized carbons (Fsp3) is 0.417. The van der Waals surface area contributed by atoms with Crippen molar-refractivity contribution in [3.05, 3.63) is 23.3 Å². The number of nitrogens with zero attached hydrogens (tertiary/aromatic N) is 1. The van der Waals surface area contributed by atoms with E-state index in [4.69, 9.17) is 9.47 Å². The topological polar surface area (TPSA) is 38.8 Å². The van der Waals surface area contributed by atoms with Gasteiger partial charge in [-0.25, -0.2) is 0 Å². The molecule has 4 nitrogen and oxygen atoms in total. The van der Waals surface area contributed by atoms with Crippen LogP contribution in [0.4, 0.5) is 4.79 Å². The summed E-state index contributed by atoms with van der Waals surface area (Å²) >= 11 is 2.92. The fourth-order valence-corrected chi connectivity index (χ4v) is 1.68. The largest absolute Gasteiger partial charge is 0.497 e. The quantitative estimate of drug-likeness (QED) is 0.634. The van der Waals surface area contributed by atoms with Crippen LogP contribution in [0.5, 0.6) is 11.5 Å². The molecule has 1 aromatic rings. The summed E-state index contributed by atoms with van der Waals surface area (Å²) in [6, 6.07) is 3.74. The van der Waals surface area contributed by atoms with Gasteiger partial charge in [0.05, 0.1) is 20.8 Å². The Labute approximate surface area is 110 Å². The third kappa shape index (κ3) is 3.36.